The number of ether oxygens (including phenoxy) is 2. The van der Waals surface area contributed by atoms with Gasteiger partial charge in [-0.2, -0.15) is 12.6 Å². The fourth-order valence-corrected chi connectivity index (χ4v) is 5.86. The van der Waals surface area contributed by atoms with E-state index in [1.807, 2.05) is 0 Å². The highest BCUT2D eigenvalue weighted by Crippen LogP contribution is 2.59. The van der Waals surface area contributed by atoms with Crippen LogP contribution >= 0.6 is 28.3 Å². The summed E-state index contributed by atoms with van der Waals surface area (Å²) in [6.07, 6.45) is -12.7. The molecule has 5 unspecified atom stereocenters. The van der Waals surface area contributed by atoms with Crippen LogP contribution < -0.4 is 10.2 Å². The molecule has 0 bridgehead atoms. The summed E-state index contributed by atoms with van der Waals surface area (Å²) in [6.45, 7) is 2.62. The number of phosphoric ester groups is 2. The Morgan fingerprint density at radius 1 is 1.08 bits per heavy atom. The van der Waals surface area contributed by atoms with Crippen molar-refractivity contribution in [3.8, 4) is 0 Å². The van der Waals surface area contributed by atoms with Crippen LogP contribution in [0.5, 0.6) is 0 Å². The minimum atomic E-state index is -5.75. The normalized spacial score (nSPS) is 40.6. The molecule has 17 nitrogen and oxygen atoms in total. The first-order valence-corrected chi connectivity index (χ1v) is 13.7. The predicted octanol–water partition coefficient (Wildman–Crippen LogP) is -3.79. The number of carbonyl (C=O) groups excluding carboxylic acids is 1. The maximum atomic E-state index is 12.2. The molecule has 0 aromatic rings. The lowest BCUT2D eigenvalue weighted by atomic mass is 10.0. The minimum absolute atomic E-state index is 0.00540. The Morgan fingerprint density at radius 2 is 1.72 bits per heavy atom. The maximum Gasteiger partial charge on any atom is 0.478 e. The van der Waals surface area contributed by atoms with Gasteiger partial charge in [-0.3, -0.25) is 18.4 Å². The van der Waals surface area contributed by atoms with E-state index in [-0.39, 0.29) is 11.6 Å². The first-order chi connectivity index (χ1) is 16.7. The molecular formula is C16H25N2O15P2S-. The van der Waals surface area contributed by atoms with Crippen molar-refractivity contribution in [2.75, 3.05) is 12.4 Å². The summed E-state index contributed by atoms with van der Waals surface area (Å²) in [4.78, 5) is 34.4. The summed E-state index contributed by atoms with van der Waals surface area (Å²) in [5, 5.41) is 52.2. The van der Waals surface area contributed by atoms with Gasteiger partial charge in [0.25, 0.3) is 13.7 Å². The Morgan fingerprint density at radius 3 is 2.33 bits per heavy atom. The summed E-state index contributed by atoms with van der Waals surface area (Å²) in [6, 6.07) is 0. The SMILES string of the molecule is C=C1NC(=O)C=CN1[C@@H]1O[C@H](COP(=O)(O)OP(=O)([O-])O[C@@H]2OC(CS)[C@H](O)[C@H](O)C2O)C(O)[C@@H]1O. The third-order valence-corrected chi connectivity index (χ3v) is 8.19. The number of carbonyl (C=O) groups is 1. The van der Waals surface area contributed by atoms with Crippen LogP contribution in [0, 0.1) is 0 Å². The van der Waals surface area contributed by atoms with Crippen LogP contribution in [0.2, 0.25) is 0 Å². The largest absolute Gasteiger partial charge is 0.756 e. The van der Waals surface area contributed by atoms with Crippen LogP contribution in [-0.2, 0) is 36.8 Å². The Labute approximate surface area is 209 Å². The first kappa shape index (κ1) is 29.6. The molecule has 0 radical (unpaired) electrons. The second-order valence-corrected chi connectivity index (χ2v) is 11.1. The number of nitrogens with zero attached hydrogens (tertiary/aromatic N) is 1. The topological polar surface area (TPSA) is 257 Å². The number of hydrogen-bond acceptors (Lipinski definition) is 16. The van der Waals surface area contributed by atoms with Gasteiger partial charge in [0, 0.05) is 18.0 Å². The van der Waals surface area contributed by atoms with Gasteiger partial charge in [0.2, 0.25) is 0 Å². The van der Waals surface area contributed by atoms with Gasteiger partial charge in [0.1, 0.15) is 42.4 Å². The van der Waals surface area contributed by atoms with Crippen LogP contribution in [0.4, 0.5) is 0 Å². The third-order valence-electron chi connectivity index (χ3n) is 5.26. The number of aliphatic hydroxyl groups is 5. The summed E-state index contributed by atoms with van der Waals surface area (Å²) in [5.74, 6) is -0.699. The van der Waals surface area contributed by atoms with E-state index in [4.69, 9.17) is 9.47 Å². The standard InChI is InChI=1S/C16H26N2O15P2S/c1-6-17-9(19)2-3-18(6)15-13(23)10(20)7(30-15)4-29-34(25,26)33-35(27,28)32-16-14(24)12(22)11(21)8(5-36)31-16/h2-3,7-8,10-16,20-24,36H,1,4-5H2,(H,17,19)(H,25,26)(H,27,28)/p-1/t7-,8?,10?,11+,12+,13+,14?,15-,16+/m1/s1. The van der Waals surface area contributed by atoms with Crippen LogP contribution in [0.25, 0.3) is 0 Å². The second-order valence-electron chi connectivity index (χ2n) is 7.80. The van der Waals surface area contributed by atoms with Crippen LogP contribution in [0.15, 0.2) is 24.7 Å². The molecule has 0 aromatic carbocycles. The average Bonchev–Trinajstić information content (AvgIpc) is 3.06. The predicted molar refractivity (Wildman–Crippen MR) is 115 cm³/mol. The lowest BCUT2D eigenvalue weighted by Crippen LogP contribution is -2.58. The molecule has 3 heterocycles. The number of thiol groups is 1. The maximum absolute atomic E-state index is 12.2. The van der Waals surface area contributed by atoms with Crippen molar-refractivity contribution in [2.24, 2.45) is 0 Å². The van der Waals surface area contributed by atoms with Crippen molar-refractivity contribution in [2.45, 2.75) is 55.2 Å². The third kappa shape index (κ3) is 6.74. The van der Waals surface area contributed by atoms with Crippen LogP contribution in [0.3, 0.4) is 0 Å². The zero-order valence-corrected chi connectivity index (χ0v) is 20.8. The van der Waals surface area contributed by atoms with Crippen molar-refractivity contribution in [3.63, 3.8) is 0 Å². The molecule has 0 aromatic heterocycles. The van der Waals surface area contributed by atoms with Crippen LogP contribution in [0.1, 0.15) is 0 Å². The van der Waals surface area contributed by atoms with E-state index in [0.717, 1.165) is 6.08 Å². The summed E-state index contributed by atoms with van der Waals surface area (Å²) in [7, 11) is -11.2. The average molecular weight is 579 g/mol. The zero-order valence-electron chi connectivity index (χ0n) is 18.1. The van der Waals surface area contributed by atoms with Gasteiger partial charge >= 0.3 is 7.82 Å². The van der Waals surface area contributed by atoms with E-state index < -0.39 is 83.4 Å². The molecule has 0 spiro atoms. The van der Waals surface area contributed by atoms with E-state index in [2.05, 4.69) is 37.9 Å². The van der Waals surface area contributed by atoms with Crippen molar-refractivity contribution in [1.29, 1.82) is 0 Å². The van der Waals surface area contributed by atoms with Crippen molar-refractivity contribution in [1.82, 2.24) is 10.2 Å². The molecule has 3 aliphatic rings. The highest BCUT2D eigenvalue weighted by Gasteiger charge is 2.48. The van der Waals surface area contributed by atoms with Crippen LogP contribution in [-0.4, -0.2) is 109 Å². The molecule has 11 atom stereocenters. The van der Waals surface area contributed by atoms with E-state index >= 15 is 0 Å². The lowest BCUT2D eigenvalue weighted by Gasteiger charge is -2.41. The lowest BCUT2D eigenvalue weighted by molar-refractivity contribution is -0.295. The quantitative estimate of drug-likeness (QED) is 0.0962. The monoisotopic (exact) mass is 579 g/mol. The number of nitrogens with one attached hydrogen (secondary N) is 1. The summed E-state index contributed by atoms with van der Waals surface area (Å²) >= 11 is 3.85. The number of phosphoric acid groups is 2. The molecule has 7 N–H and O–H groups in total. The number of hydrogen-bond donors (Lipinski definition) is 8. The van der Waals surface area contributed by atoms with Crippen molar-refractivity contribution in [3.05, 3.63) is 24.7 Å². The molecule has 0 aliphatic carbocycles. The van der Waals surface area contributed by atoms with Gasteiger partial charge in [0.05, 0.1) is 12.7 Å². The van der Waals surface area contributed by atoms with Gasteiger partial charge in [-0.15, -0.1) is 0 Å². The molecule has 206 valence electrons. The van der Waals surface area contributed by atoms with E-state index in [1.54, 1.807) is 0 Å². The number of amides is 1. The van der Waals surface area contributed by atoms with Crippen molar-refractivity contribution >= 4 is 34.2 Å². The summed E-state index contributed by atoms with van der Waals surface area (Å²) < 4.78 is 47.7. The molecule has 1 amide bonds. The number of rotatable bonds is 9. The fraction of sp³-hybridized carbons (Fsp3) is 0.688. The van der Waals surface area contributed by atoms with Gasteiger partial charge in [0.15, 0.2) is 12.5 Å². The molecule has 0 saturated carbocycles. The molecule has 2 fully saturated rings. The highest BCUT2D eigenvalue weighted by atomic mass is 32.1. The number of aliphatic hydroxyl groups excluding tert-OH is 5. The molecule has 2 saturated heterocycles. The molecule has 20 heteroatoms. The van der Waals surface area contributed by atoms with E-state index in [9.17, 15) is 49.2 Å². The smallest absolute Gasteiger partial charge is 0.478 e. The fourth-order valence-electron chi connectivity index (χ4n) is 3.44. The minimum Gasteiger partial charge on any atom is -0.756 e. The zero-order chi connectivity index (χ0) is 27.0. The molecule has 3 rings (SSSR count). The van der Waals surface area contributed by atoms with Gasteiger partial charge < -0.3 is 55.0 Å². The van der Waals surface area contributed by atoms with E-state index in [1.165, 1.54) is 11.1 Å². The Balaban J connectivity index is 1.58. The second kappa shape index (κ2) is 11.4. The summed E-state index contributed by atoms with van der Waals surface area (Å²) in [5.41, 5.74) is 0. The van der Waals surface area contributed by atoms with Gasteiger partial charge in [-0.05, 0) is 0 Å². The molecule has 3 aliphatic heterocycles. The first-order valence-electron chi connectivity index (χ1n) is 10.1. The Bertz CT molecular complexity index is 968. The van der Waals surface area contributed by atoms with E-state index in [0.29, 0.717) is 0 Å². The Kier molecular flexibility index (Phi) is 9.42. The van der Waals surface area contributed by atoms with Crippen molar-refractivity contribution < 1.29 is 72.1 Å². The van der Waals surface area contributed by atoms with Gasteiger partial charge in [-0.25, -0.2) is 8.88 Å². The molecular weight excluding hydrogens is 554 g/mol. The Hall–Kier alpha value is -0.920. The molecule has 36 heavy (non-hydrogen) atoms. The van der Waals surface area contributed by atoms with Gasteiger partial charge in [-0.1, -0.05) is 6.58 Å². The highest BCUT2D eigenvalue weighted by molar-refractivity contribution is 7.80.